The van der Waals surface area contributed by atoms with Gasteiger partial charge in [-0.05, 0) is 32.9 Å². The average Bonchev–Trinajstić information content (AvgIpc) is 2.83. The number of aryl methyl sites for hydroxylation is 3. The third-order valence-corrected chi connectivity index (χ3v) is 4.07. The number of nitrogens with zero attached hydrogens (tertiary/aromatic N) is 6. The van der Waals surface area contributed by atoms with Gasteiger partial charge in [0.15, 0.2) is 11.5 Å². The summed E-state index contributed by atoms with van der Waals surface area (Å²) in [5.74, 6) is 0.839. The minimum atomic E-state index is 0.303. The molecule has 2 N–H and O–H groups in total. The molecule has 0 aliphatic heterocycles. The minimum Gasteiger partial charge on any atom is -0.382 e. The Morgan fingerprint density at radius 1 is 1.25 bits per heavy atom. The maximum atomic E-state index is 9.54. The van der Waals surface area contributed by atoms with Gasteiger partial charge in [-0.3, -0.25) is 4.98 Å². The zero-order valence-electron chi connectivity index (χ0n) is 14.2. The van der Waals surface area contributed by atoms with Gasteiger partial charge in [0.1, 0.15) is 17.5 Å². The molecule has 122 valence electrons. The van der Waals surface area contributed by atoms with E-state index in [-0.39, 0.29) is 0 Å². The van der Waals surface area contributed by atoms with E-state index >= 15 is 0 Å². The first-order valence-electron chi connectivity index (χ1n) is 7.61. The minimum absolute atomic E-state index is 0.303. The second-order valence-electron chi connectivity index (χ2n) is 5.88. The largest absolute Gasteiger partial charge is 0.382 e. The first-order valence-corrected chi connectivity index (χ1v) is 7.61. The molecule has 0 bridgehead atoms. The van der Waals surface area contributed by atoms with Crippen molar-refractivity contribution in [3.8, 4) is 6.07 Å². The van der Waals surface area contributed by atoms with Crippen molar-refractivity contribution < 1.29 is 0 Å². The number of aromatic nitrogens is 4. The Kier molecular flexibility index (Phi) is 3.81. The van der Waals surface area contributed by atoms with E-state index in [1.165, 1.54) is 4.52 Å². The predicted molar refractivity (Wildman–Crippen MR) is 92.7 cm³/mol. The smallest absolute Gasteiger partial charge is 0.162 e. The van der Waals surface area contributed by atoms with E-state index in [2.05, 4.69) is 21.1 Å². The van der Waals surface area contributed by atoms with Gasteiger partial charge in [-0.2, -0.15) is 14.9 Å². The number of nitrogen functional groups attached to an aromatic ring is 1. The van der Waals surface area contributed by atoms with Crippen LogP contribution in [0, 0.1) is 32.1 Å². The number of hydrogen-bond donors (Lipinski definition) is 1. The Labute approximate surface area is 140 Å². The summed E-state index contributed by atoms with van der Waals surface area (Å²) < 4.78 is 1.53. The number of pyridine rings is 1. The topological polar surface area (TPSA) is 96.1 Å². The Hall–Kier alpha value is -3.14. The van der Waals surface area contributed by atoms with E-state index in [1.54, 1.807) is 0 Å². The molecule has 0 aliphatic carbocycles. The lowest BCUT2D eigenvalue weighted by Gasteiger charge is -2.20. The van der Waals surface area contributed by atoms with Crippen LogP contribution >= 0.6 is 0 Å². The lowest BCUT2D eigenvalue weighted by molar-refractivity contribution is 0.847. The molecule has 0 fully saturated rings. The molecule has 3 heterocycles. The number of nitriles is 1. The van der Waals surface area contributed by atoms with Crippen molar-refractivity contribution in [1.82, 2.24) is 19.6 Å². The fourth-order valence-electron chi connectivity index (χ4n) is 2.66. The van der Waals surface area contributed by atoms with Gasteiger partial charge in [-0.15, -0.1) is 0 Å². The maximum Gasteiger partial charge on any atom is 0.162 e. The zero-order chi connectivity index (χ0) is 17.4. The lowest BCUT2D eigenvalue weighted by atomic mass is 10.2. The van der Waals surface area contributed by atoms with Crippen molar-refractivity contribution >= 4 is 17.3 Å². The normalized spacial score (nSPS) is 10.8. The van der Waals surface area contributed by atoms with E-state index < -0.39 is 0 Å². The molecule has 24 heavy (non-hydrogen) atoms. The Bertz CT molecular complexity index is 965. The molecule has 0 unspecified atom stereocenters. The van der Waals surface area contributed by atoms with Crippen LogP contribution in [0.15, 0.2) is 18.2 Å². The van der Waals surface area contributed by atoms with E-state index in [4.69, 9.17) is 5.73 Å². The molecule has 0 radical (unpaired) electrons. The molecule has 0 aliphatic rings. The molecule has 3 aromatic heterocycles. The summed E-state index contributed by atoms with van der Waals surface area (Å²) in [5.41, 5.74) is 10.8. The average molecular weight is 321 g/mol. The molecule has 3 aromatic rings. The third kappa shape index (κ3) is 2.52. The molecule has 0 atom stereocenters. The second-order valence-corrected chi connectivity index (χ2v) is 5.88. The van der Waals surface area contributed by atoms with Crippen LogP contribution in [0.25, 0.3) is 5.65 Å². The second kappa shape index (κ2) is 5.81. The first kappa shape index (κ1) is 15.7. The number of hydrogen-bond acceptors (Lipinski definition) is 6. The van der Waals surface area contributed by atoms with E-state index in [9.17, 15) is 5.26 Å². The molecule has 0 amide bonds. The van der Waals surface area contributed by atoms with Crippen molar-refractivity contribution in [3.05, 3.63) is 46.4 Å². The van der Waals surface area contributed by atoms with Gasteiger partial charge in [-0.1, -0.05) is 6.07 Å². The zero-order valence-corrected chi connectivity index (χ0v) is 14.2. The van der Waals surface area contributed by atoms with Crippen LogP contribution in [0.2, 0.25) is 0 Å². The summed E-state index contributed by atoms with van der Waals surface area (Å²) in [6.45, 7) is 6.33. The van der Waals surface area contributed by atoms with E-state index in [0.717, 1.165) is 22.6 Å². The van der Waals surface area contributed by atoms with Crippen molar-refractivity contribution in [2.75, 3.05) is 17.7 Å². The summed E-state index contributed by atoms with van der Waals surface area (Å²) in [7, 11) is 1.88. The highest BCUT2D eigenvalue weighted by atomic mass is 15.3. The number of fused-ring (bicyclic) bond motifs is 1. The highest BCUT2D eigenvalue weighted by molar-refractivity contribution is 5.70. The highest BCUT2D eigenvalue weighted by Crippen LogP contribution is 2.26. The number of rotatable bonds is 3. The monoisotopic (exact) mass is 321 g/mol. The van der Waals surface area contributed by atoms with Gasteiger partial charge in [0.05, 0.1) is 17.9 Å². The molecule has 3 rings (SSSR count). The van der Waals surface area contributed by atoms with Crippen LogP contribution < -0.4 is 10.6 Å². The predicted octanol–water partition coefficient (Wildman–Crippen LogP) is 2.14. The fraction of sp³-hybridized carbons (Fsp3) is 0.294. The first-order chi connectivity index (χ1) is 11.4. The summed E-state index contributed by atoms with van der Waals surface area (Å²) >= 11 is 0. The maximum absolute atomic E-state index is 9.54. The molecule has 0 saturated carbocycles. The molecule has 0 aromatic carbocycles. The van der Waals surface area contributed by atoms with Crippen LogP contribution in [-0.2, 0) is 6.54 Å². The molecule has 0 spiro atoms. The van der Waals surface area contributed by atoms with E-state index in [1.807, 2.05) is 50.9 Å². The van der Waals surface area contributed by atoms with Gasteiger partial charge >= 0.3 is 0 Å². The summed E-state index contributed by atoms with van der Waals surface area (Å²) in [6, 6.07) is 8.02. The summed E-state index contributed by atoms with van der Waals surface area (Å²) in [6.07, 6.45) is 0. The molecule has 7 nitrogen and oxygen atoms in total. The van der Waals surface area contributed by atoms with Crippen LogP contribution in [0.5, 0.6) is 0 Å². The Morgan fingerprint density at radius 3 is 2.67 bits per heavy atom. The van der Waals surface area contributed by atoms with Crippen LogP contribution in [0.4, 0.5) is 11.6 Å². The Morgan fingerprint density at radius 2 is 2.00 bits per heavy atom. The third-order valence-electron chi connectivity index (χ3n) is 4.07. The molecule has 7 heteroatoms. The van der Waals surface area contributed by atoms with Crippen molar-refractivity contribution in [2.45, 2.75) is 27.3 Å². The summed E-state index contributed by atoms with van der Waals surface area (Å²) in [5, 5.41) is 13.9. The van der Waals surface area contributed by atoms with Crippen molar-refractivity contribution in [3.63, 3.8) is 0 Å². The fourth-order valence-corrected chi connectivity index (χ4v) is 2.66. The molecular formula is C17H19N7. The standard InChI is InChI=1S/C17H19N7/c1-10-6-5-7-13(20-10)9-23(4)17-14(8-18)15(19)24-16(21-17)11(2)12(3)22-24/h5-7H,9,19H2,1-4H3. The molecule has 0 saturated heterocycles. The number of anilines is 2. The lowest BCUT2D eigenvalue weighted by Crippen LogP contribution is -2.21. The van der Waals surface area contributed by atoms with Gasteiger partial charge in [0, 0.05) is 18.3 Å². The summed E-state index contributed by atoms with van der Waals surface area (Å²) in [4.78, 5) is 11.0. The van der Waals surface area contributed by atoms with Gasteiger partial charge in [0.2, 0.25) is 0 Å². The highest BCUT2D eigenvalue weighted by Gasteiger charge is 2.19. The quantitative estimate of drug-likeness (QED) is 0.794. The van der Waals surface area contributed by atoms with Gasteiger partial charge < -0.3 is 10.6 Å². The van der Waals surface area contributed by atoms with Crippen LogP contribution in [-0.4, -0.2) is 26.6 Å². The van der Waals surface area contributed by atoms with Crippen LogP contribution in [0.1, 0.15) is 28.2 Å². The van der Waals surface area contributed by atoms with Crippen LogP contribution in [0.3, 0.4) is 0 Å². The molecular weight excluding hydrogens is 302 g/mol. The van der Waals surface area contributed by atoms with Gasteiger partial charge in [-0.25, -0.2) is 4.98 Å². The van der Waals surface area contributed by atoms with Crippen molar-refractivity contribution in [2.24, 2.45) is 0 Å². The SMILES string of the molecule is Cc1cccc(CN(C)c2nc3c(C)c(C)nn3c(N)c2C#N)n1. The van der Waals surface area contributed by atoms with Crippen molar-refractivity contribution in [1.29, 1.82) is 5.26 Å². The Balaban J connectivity index is 2.10. The van der Waals surface area contributed by atoms with Gasteiger partial charge in [0.25, 0.3) is 0 Å². The number of nitrogens with two attached hydrogens (primary N) is 1. The van der Waals surface area contributed by atoms with E-state index in [0.29, 0.717) is 29.4 Å².